The predicted octanol–water partition coefficient (Wildman–Crippen LogP) is 0.783. The van der Waals surface area contributed by atoms with Crippen LogP contribution >= 0.6 is 11.6 Å². The van der Waals surface area contributed by atoms with E-state index >= 15 is 0 Å². The van der Waals surface area contributed by atoms with Crippen LogP contribution in [0.4, 0.5) is 0 Å². The van der Waals surface area contributed by atoms with Gasteiger partial charge in [0.05, 0.1) is 16.3 Å². The summed E-state index contributed by atoms with van der Waals surface area (Å²) < 4.78 is 1.47. The molecule has 0 saturated heterocycles. The smallest absolute Gasteiger partial charge is 0.252 e. The van der Waals surface area contributed by atoms with Crippen molar-refractivity contribution in [2.75, 3.05) is 6.54 Å². The lowest BCUT2D eigenvalue weighted by atomic mass is 10.1. The van der Waals surface area contributed by atoms with Crippen molar-refractivity contribution >= 4 is 17.5 Å². The maximum absolute atomic E-state index is 12.1. The standard InChI is InChI=1S/C13H15ClN6O/c14-11-5-9(20-7-17-18-19-20)3-4-10(11)13(21)16-6-12(15)8-1-2-8/h3-5,7-8,12H,1-2,6,15H2,(H,16,21). The van der Waals surface area contributed by atoms with Crippen molar-refractivity contribution in [2.24, 2.45) is 11.7 Å². The van der Waals surface area contributed by atoms with Gasteiger partial charge >= 0.3 is 0 Å². The molecule has 3 rings (SSSR count). The van der Waals surface area contributed by atoms with Crippen LogP contribution < -0.4 is 11.1 Å². The van der Waals surface area contributed by atoms with Crippen LogP contribution in [0.25, 0.3) is 5.69 Å². The number of carbonyl (C=O) groups is 1. The lowest BCUT2D eigenvalue weighted by molar-refractivity contribution is 0.0950. The number of hydrogen-bond acceptors (Lipinski definition) is 5. The Morgan fingerprint density at radius 1 is 1.52 bits per heavy atom. The van der Waals surface area contributed by atoms with E-state index < -0.39 is 0 Å². The summed E-state index contributed by atoms with van der Waals surface area (Å²) in [5, 5.41) is 14.0. The highest BCUT2D eigenvalue weighted by Gasteiger charge is 2.28. The first kappa shape index (κ1) is 14.0. The largest absolute Gasteiger partial charge is 0.350 e. The second kappa shape index (κ2) is 5.79. The minimum absolute atomic E-state index is 0.0215. The summed E-state index contributed by atoms with van der Waals surface area (Å²) in [5.41, 5.74) is 7.06. The second-order valence-electron chi connectivity index (χ2n) is 5.13. The third-order valence-corrected chi connectivity index (χ3v) is 3.85. The fourth-order valence-corrected chi connectivity index (χ4v) is 2.37. The van der Waals surface area contributed by atoms with Gasteiger partial charge in [0.1, 0.15) is 6.33 Å². The van der Waals surface area contributed by atoms with Crippen LogP contribution in [-0.2, 0) is 0 Å². The molecule has 1 atom stereocenters. The van der Waals surface area contributed by atoms with Gasteiger partial charge in [-0.25, -0.2) is 4.68 Å². The molecule has 2 aromatic rings. The van der Waals surface area contributed by atoms with E-state index in [0.717, 1.165) is 12.8 Å². The molecule has 1 fully saturated rings. The van der Waals surface area contributed by atoms with E-state index in [4.69, 9.17) is 17.3 Å². The summed E-state index contributed by atoms with van der Waals surface area (Å²) in [6.07, 6.45) is 3.76. The van der Waals surface area contributed by atoms with E-state index in [1.807, 2.05) is 0 Å². The van der Waals surface area contributed by atoms with Crippen LogP contribution in [0.15, 0.2) is 24.5 Å². The summed E-state index contributed by atoms with van der Waals surface area (Å²) in [5.74, 6) is 0.322. The first-order chi connectivity index (χ1) is 10.1. The molecule has 21 heavy (non-hydrogen) atoms. The van der Waals surface area contributed by atoms with Crippen molar-refractivity contribution in [3.63, 3.8) is 0 Å². The maximum atomic E-state index is 12.1. The van der Waals surface area contributed by atoms with Crippen molar-refractivity contribution in [2.45, 2.75) is 18.9 Å². The zero-order chi connectivity index (χ0) is 14.8. The van der Waals surface area contributed by atoms with Gasteiger partial charge in [0.25, 0.3) is 5.91 Å². The summed E-state index contributed by atoms with van der Waals surface area (Å²) >= 11 is 6.16. The molecule has 0 aliphatic heterocycles. The van der Waals surface area contributed by atoms with Gasteiger partial charge in [-0.15, -0.1) is 5.10 Å². The number of carbonyl (C=O) groups excluding carboxylic acids is 1. The van der Waals surface area contributed by atoms with Crippen molar-refractivity contribution < 1.29 is 4.79 Å². The highest BCUT2D eigenvalue weighted by molar-refractivity contribution is 6.34. The summed E-state index contributed by atoms with van der Waals surface area (Å²) in [7, 11) is 0. The average Bonchev–Trinajstić information content (AvgIpc) is 3.19. The zero-order valence-electron chi connectivity index (χ0n) is 11.2. The number of aromatic nitrogens is 4. The van der Waals surface area contributed by atoms with Crippen molar-refractivity contribution in [1.29, 1.82) is 0 Å². The fourth-order valence-electron chi connectivity index (χ4n) is 2.11. The number of halogens is 1. The quantitative estimate of drug-likeness (QED) is 0.850. The Kier molecular flexibility index (Phi) is 3.85. The second-order valence-corrected chi connectivity index (χ2v) is 5.54. The average molecular weight is 307 g/mol. The molecule has 1 aromatic carbocycles. The minimum Gasteiger partial charge on any atom is -0.350 e. The topological polar surface area (TPSA) is 98.7 Å². The first-order valence-corrected chi connectivity index (χ1v) is 7.09. The van der Waals surface area contributed by atoms with Crippen molar-refractivity contribution in [3.05, 3.63) is 35.1 Å². The summed E-state index contributed by atoms with van der Waals surface area (Å²) in [4.78, 5) is 12.1. The minimum atomic E-state index is -0.223. The van der Waals surface area contributed by atoms with E-state index in [-0.39, 0.29) is 11.9 Å². The van der Waals surface area contributed by atoms with Gasteiger partial charge < -0.3 is 11.1 Å². The number of rotatable bonds is 5. The van der Waals surface area contributed by atoms with E-state index in [1.165, 1.54) is 11.0 Å². The molecule has 0 radical (unpaired) electrons. The van der Waals surface area contributed by atoms with Crippen molar-refractivity contribution in [3.8, 4) is 5.69 Å². The Labute approximate surface area is 126 Å². The lowest BCUT2D eigenvalue weighted by Gasteiger charge is -2.12. The monoisotopic (exact) mass is 306 g/mol. The molecule has 1 saturated carbocycles. The molecule has 1 aliphatic rings. The fraction of sp³-hybridized carbons (Fsp3) is 0.385. The third-order valence-electron chi connectivity index (χ3n) is 3.54. The molecule has 8 heteroatoms. The van der Waals surface area contributed by atoms with Gasteiger partial charge in [-0.1, -0.05) is 11.6 Å². The van der Waals surface area contributed by atoms with Crippen LogP contribution in [0.3, 0.4) is 0 Å². The Morgan fingerprint density at radius 3 is 2.95 bits per heavy atom. The molecule has 1 heterocycles. The number of nitrogens with one attached hydrogen (secondary N) is 1. The molecule has 1 aromatic heterocycles. The van der Waals surface area contributed by atoms with Crippen LogP contribution in [-0.4, -0.2) is 38.7 Å². The number of amides is 1. The van der Waals surface area contributed by atoms with E-state index in [0.29, 0.717) is 28.7 Å². The number of tetrazole rings is 1. The number of nitrogens with zero attached hydrogens (tertiary/aromatic N) is 4. The molecule has 110 valence electrons. The van der Waals surface area contributed by atoms with E-state index in [2.05, 4.69) is 20.8 Å². The highest BCUT2D eigenvalue weighted by Crippen LogP contribution is 2.31. The molecular weight excluding hydrogens is 292 g/mol. The van der Waals surface area contributed by atoms with Crippen LogP contribution in [0.2, 0.25) is 5.02 Å². The molecule has 1 unspecified atom stereocenters. The SMILES string of the molecule is NC(CNC(=O)c1ccc(-n2cnnn2)cc1Cl)C1CC1. The molecule has 3 N–H and O–H groups in total. The zero-order valence-corrected chi connectivity index (χ0v) is 12.0. The van der Waals surface area contributed by atoms with Gasteiger partial charge in [0.2, 0.25) is 0 Å². The Morgan fingerprint density at radius 2 is 2.33 bits per heavy atom. The molecule has 1 aliphatic carbocycles. The van der Waals surface area contributed by atoms with Crippen molar-refractivity contribution in [1.82, 2.24) is 25.5 Å². The summed E-state index contributed by atoms with van der Waals surface area (Å²) in [6, 6.07) is 5.05. The predicted molar refractivity (Wildman–Crippen MR) is 77.2 cm³/mol. The molecule has 0 spiro atoms. The van der Waals surface area contributed by atoms with Gasteiger partial charge in [-0.2, -0.15) is 0 Å². The maximum Gasteiger partial charge on any atom is 0.252 e. The van der Waals surface area contributed by atoms with Crippen LogP contribution in [0.5, 0.6) is 0 Å². The van der Waals surface area contributed by atoms with Crippen LogP contribution in [0.1, 0.15) is 23.2 Å². The van der Waals surface area contributed by atoms with Crippen LogP contribution in [0, 0.1) is 5.92 Å². The van der Waals surface area contributed by atoms with Gasteiger partial charge in [-0.3, -0.25) is 4.79 Å². The number of benzene rings is 1. The summed E-state index contributed by atoms with van der Waals surface area (Å²) in [6.45, 7) is 0.467. The van der Waals surface area contributed by atoms with Gasteiger partial charge in [0, 0.05) is 12.6 Å². The lowest BCUT2D eigenvalue weighted by Crippen LogP contribution is -2.38. The van der Waals surface area contributed by atoms with E-state index in [9.17, 15) is 4.79 Å². The van der Waals surface area contributed by atoms with Gasteiger partial charge in [0.15, 0.2) is 0 Å². The third kappa shape index (κ3) is 3.20. The molecule has 7 nitrogen and oxygen atoms in total. The normalized spacial score (nSPS) is 15.7. The highest BCUT2D eigenvalue weighted by atomic mass is 35.5. The molecule has 1 amide bonds. The Balaban J connectivity index is 1.68. The van der Waals surface area contributed by atoms with E-state index in [1.54, 1.807) is 18.2 Å². The molecule has 0 bridgehead atoms. The number of hydrogen-bond donors (Lipinski definition) is 2. The Bertz CT molecular complexity index is 640. The first-order valence-electron chi connectivity index (χ1n) is 6.72. The number of nitrogens with two attached hydrogens (primary N) is 1. The Hall–Kier alpha value is -1.99. The van der Waals surface area contributed by atoms with Gasteiger partial charge in [-0.05, 0) is 47.4 Å². The molecular formula is C13H15ClN6O.